The molecule has 11 heteroatoms. The molecular formula is C17H20Cl2N4O5. The van der Waals surface area contributed by atoms with Gasteiger partial charge in [0.05, 0.1) is 23.2 Å². The van der Waals surface area contributed by atoms with Gasteiger partial charge in [0.2, 0.25) is 0 Å². The molecule has 2 aliphatic heterocycles. The van der Waals surface area contributed by atoms with Crippen LogP contribution in [0, 0.1) is 22.0 Å². The molecule has 152 valence electrons. The largest absolute Gasteiger partial charge is 0.444 e. The number of halogens is 2. The molecule has 0 radical (unpaired) electrons. The first-order valence-corrected chi connectivity index (χ1v) is 9.54. The molecule has 0 N–H and O–H groups in total. The molecule has 2 fully saturated rings. The molecular weight excluding hydrogens is 411 g/mol. The molecule has 0 bridgehead atoms. The van der Waals surface area contributed by atoms with E-state index in [-0.39, 0.29) is 25.0 Å². The third-order valence-electron chi connectivity index (χ3n) is 4.83. The summed E-state index contributed by atoms with van der Waals surface area (Å²) in [6.45, 7) is 4.52. The van der Waals surface area contributed by atoms with Gasteiger partial charge in [0.15, 0.2) is 5.03 Å². The Hall–Kier alpha value is -2.10. The van der Waals surface area contributed by atoms with Gasteiger partial charge in [-0.15, -0.1) is 0 Å². The third kappa shape index (κ3) is 4.84. The zero-order valence-electron chi connectivity index (χ0n) is 15.2. The van der Waals surface area contributed by atoms with Crippen molar-refractivity contribution in [3.8, 4) is 0 Å². The van der Waals surface area contributed by atoms with Crippen molar-refractivity contribution in [2.75, 3.05) is 32.8 Å². The number of nitro groups is 1. The van der Waals surface area contributed by atoms with Crippen LogP contribution in [0.3, 0.4) is 0 Å². The first kappa shape index (κ1) is 20.6. The van der Waals surface area contributed by atoms with E-state index in [1.165, 1.54) is 4.90 Å². The van der Waals surface area contributed by atoms with Crippen LogP contribution in [0.15, 0.2) is 23.3 Å². The van der Waals surface area contributed by atoms with Crippen LogP contribution in [0.1, 0.15) is 12.5 Å². The summed E-state index contributed by atoms with van der Waals surface area (Å²) in [4.78, 5) is 26.4. The van der Waals surface area contributed by atoms with Crippen molar-refractivity contribution >= 4 is 35.3 Å². The fourth-order valence-corrected chi connectivity index (χ4v) is 3.52. The number of hydrogen-bond acceptors (Lipinski definition) is 5. The highest BCUT2D eigenvalue weighted by Crippen LogP contribution is 2.25. The zero-order chi connectivity index (χ0) is 20.3. The number of nitrogens with zero attached hydrogens (tertiary/aromatic N) is 4. The summed E-state index contributed by atoms with van der Waals surface area (Å²) in [7, 11) is 0. The SMILES string of the molecule is CC1COCC1CN1CCN(C(=O)OCc2ccc(Cl)c(Cl)c2)C1=N[N+](=O)[O-]. The van der Waals surface area contributed by atoms with Crippen molar-refractivity contribution in [2.24, 2.45) is 16.9 Å². The van der Waals surface area contributed by atoms with E-state index in [1.807, 2.05) is 0 Å². The van der Waals surface area contributed by atoms with Gasteiger partial charge in [-0.2, -0.15) is 0 Å². The van der Waals surface area contributed by atoms with Crippen molar-refractivity contribution in [1.82, 2.24) is 9.80 Å². The average Bonchev–Trinajstić information content (AvgIpc) is 3.22. The lowest BCUT2D eigenvalue weighted by Crippen LogP contribution is -2.41. The van der Waals surface area contributed by atoms with Crippen LogP contribution in [0.25, 0.3) is 0 Å². The maximum atomic E-state index is 12.5. The number of carbonyl (C=O) groups is 1. The Kier molecular flexibility index (Phi) is 6.58. The Bertz CT molecular complexity index is 791. The van der Waals surface area contributed by atoms with E-state index in [9.17, 15) is 14.9 Å². The minimum absolute atomic E-state index is 0.0109. The van der Waals surface area contributed by atoms with Crippen molar-refractivity contribution < 1.29 is 19.3 Å². The van der Waals surface area contributed by atoms with Gasteiger partial charge in [-0.1, -0.05) is 36.2 Å². The number of amides is 1. The lowest BCUT2D eigenvalue weighted by atomic mass is 9.98. The van der Waals surface area contributed by atoms with Crippen LogP contribution >= 0.6 is 23.2 Å². The predicted molar refractivity (Wildman–Crippen MR) is 103 cm³/mol. The molecule has 0 aliphatic carbocycles. The Balaban J connectivity index is 1.66. The monoisotopic (exact) mass is 430 g/mol. The zero-order valence-corrected chi connectivity index (χ0v) is 16.7. The van der Waals surface area contributed by atoms with E-state index in [1.54, 1.807) is 23.1 Å². The molecule has 28 heavy (non-hydrogen) atoms. The van der Waals surface area contributed by atoms with E-state index in [0.29, 0.717) is 47.8 Å². The molecule has 1 amide bonds. The molecule has 2 aliphatic rings. The molecule has 9 nitrogen and oxygen atoms in total. The quantitative estimate of drug-likeness (QED) is 0.525. The summed E-state index contributed by atoms with van der Waals surface area (Å²) in [6, 6.07) is 4.89. The van der Waals surface area contributed by atoms with Crippen molar-refractivity contribution in [3.05, 3.63) is 43.9 Å². The molecule has 0 saturated carbocycles. The van der Waals surface area contributed by atoms with Gasteiger partial charge < -0.3 is 14.4 Å². The lowest BCUT2D eigenvalue weighted by molar-refractivity contribution is -0.486. The molecule has 2 saturated heterocycles. The number of hydrazone groups is 1. The molecule has 2 unspecified atom stereocenters. The number of benzene rings is 1. The second-order valence-electron chi connectivity index (χ2n) is 6.81. The van der Waals surface area contributed by atoms with Crippen LogP contribution in [0.2, 0.25) is 10.0 Å². The van der Waals surface area contributed by atoms with Crippen LogP contribution in [0.5, 0.6) is 0 Å². The third-order valence-corrected chi connectivity index (χ3v) is 5.57. The Labute approximate surface area is 171 Å². The molecule has 2 heterocycles. The molecule has 0 aromatic heterocycles. The Morgan fingerprint density at radius 1 is 1.36 bits per heavy atom. The number of rotatable bonds is 5. The van der Waals surface area contributed by atoms with E-state index in [2.05, 4.69) is 12.0 Å². The average molecular weight is 431 g/mol. The van der Waals surface area contributed by atoms with Gasteiger partial charge >= 0.3 is 6.09 Å². The Morgan fingerprint density at radius 3 is 2.79 bits per heavy atom. The number of ether oxygens (including phenoxy) is 2. The first-order chi connectivity index (χ1) is 13.3. The maximum absolute atomic E-state index is 12.5. The van der Waals surface area contributed by atoms with Crippen molar-refractivity contribution in [1.29, 1.82) is 0 Å². The van der Waals surface area contributed by atoms with Crippen molar-refractivity contribution in [2.45, 2.75) is 13.5 Å². The summed E-state index contributed by atoms with van der Waals surface area (Å²) in [6.07, 6.45) is -0.704. The number of hydrogen-bond donors (Lipinski definition) is 0. The molecule has 0 spiro atoms. The molecule has 3 rings (SSSR count). The fraction of sp³-hybridized carbons (Fsp3) is 0.529. The van der Waals surface area contributed by atoms with E-state index < -0.39 is 11.1 Å². The summed E-state index contributed by atoms with van der Waals surface area (Å²) in [5, 5.41) is 14.3. The van der Waals surface area contributed by atoms with Crippen LogP contribution in [-0.4, -0.2) is 59.7 Å². The van der Waals surface area contributed by atoms with Gasteiger partial charge in [0.25, 0.3) is 5.96 Å². The van der Waals surface area contributed by atoms with E-state index in [0.717, 1.165) is 0 Å². The summed E-state index contributed by atoms with van der Waals surface area (Å²) >= 11 is 11.8. The number of guanidine groups is 1. The Morgan fingerprint density at radius 2 is 2.14 bits per heavy atom. The van der Waals surface area contributed by atoms with Crippen molar-refractivity contribution in [3.63, 3.8) is 0 Å². The molecule has 2 atom stereocenters. The smallest absolute Gasteiger partial charge is 0.417 e. The van der Waals surface area contributed by atoms with Gasteiger partial charge in [-0.05, 0) is 23.6 Å². The summed E-state index contributed by atoms with van der Waals surface area (Å²) in [5.74, 6) is 0.555. The minimum Gasteiger partial charge on any atom is -0.444 e. The van der Waals surface area contributed by atoms with Gasteiger partial charge in [-0.25, -0.2) is 19.8 Å². The summed E-state index contributed by atoms with van der Waals surface area (Å²) in [5.41, 5.74) is 0.656. The highest BCUT2D eigenvalue weighted by atomic mass is 35.5. The predicted octanol–water partition coefficient (Wildman–Crippen LogP) is 3.08. The van der Waals surface area contributed by atoms with E-state index >= 15 is 0 Å². The highest BCUT2D eigenvalue weighted by Gasteiger charge is 2.38. The lowest BCUT2D eigenvalue weighted by Gasteiger charge is -2.23. The highest BCUT2D eigenvalue weighted by molar-refractivity contribution is 6.42. The van der Waals surface area contributed by atoms with Gasteiger partial charge in [0.1, 0.15) is 11.7 Å². The summed E-state index contributed by atoms with van der Waals surface area (Å²) < 4.78 is 10.7. The molecule has 1 aromatic rings. The van der Waals surface area contributed by atoms with E-state index in [4.69, 9.17) is 32.7 Å². The standard InChI is InChI=1S/C17H20Cl2N4O5/c1-11-8-27-10-13(11)7-21-4-5-22(16(21)20-23(25)26)17(24)28-9-12-2-3-14(18)15(19)6-12/h2-3,6,11,13H,4-5,7-10H2,1H3. The second kappa shape index (κ2) is 8.93. The topological polar surface area (TPSA) is 97.5 Å². The maximum Gasteiger partial charge on any atom is 0.417 e. The van der Waals surface area contributed by atoms with Crippen LogP contribution in [0.4, 0.5) is 4.79 Å². The first-order valence-electron chi connectivity index (χ1n) is 8.79. The van der Waals surface area contributed by atoms with Gasteiger partial charge in [0, 0.05) is 25.6 Å². The normalized spacial score (nSPS) is 23.5. The second-order valence-corrected chi connectivity index (χ2v) is 7.63. The fourth-order valence-electron chi connectivity index (χ4n) is 3.20. The molecule has 1 aromatic carbocycles. The number of carbonyl (C=O) groups excluding carboxylic acids is 1. The van der Waals surface area contributed by atoms with Crippen LogP contribution < -0.4 is 0 Å². The van der Waals surface area contributed by atoms with Gasteiger partial charge in [-0.3, -0.25) is 0 Å². The van der Waals surface area contributed by atoms with Crippen LogP contribution in [-0.2, 0) is 16.1 Å². The minimum atomic E-state index is -0.804.